The minimum Gasteiger partial charge on any atom is -0.377 e. The predicted octanol–water partition coefficient (Wildman–Crippen LogP) is 3.75. The maximum Gasteiger partial charge on any atom is 0.435 e. The third-order valence-electron chi connectivity index (χ3n) is 5.13. The molecule has 0 unspecified atom stereocenters. The number of halogens is 4. The highest BCUT2D eigenvalue weighted by Gasteiger charge is 2.35. The van der Waals surface area contributed by atoms with Crippen LogP contribution in [0.3, 0.4) is 0 Å². The highest BCUT2D eigenvalue weighted by molar-refractivity contribution is 5.52. The van der Waals surface area contributed by atoms with Crippen LogP contribution in [0.5, 0.6) is 0 Å². The molecule has 5 nitrogen and oxygen atoms in total. The molecule has 0 amide bonds. The highest BCUT2D eigenvalue weighted by Crippen LogP contribution is 2.30. The van der Waals surface area contributed by atoms with Crippen molar-refractivity contribution < 1.29 is 17.6 Å². The summed E-state index contributed by atoms with van der Waals surface area (Å²) in [5.74, 6) is -0.360. The lowest BCUT2D eigenvalue weighted by atomic mass is 9.99. The van der Waals surface area contributed by atoms with Gasteiger partial charge in [0.1, 0.15) is 5.82 Å². The maximum absolute atomic E-state index is 14.9. The summed E-state index contributed by atoms with van der Waals surface area (Å²) >= 11 is 0. The fraction of sp³-hybridized carbons (Fsp3) is 0.286. The van der Waals surface area contributed by atoms with E-state index in [1.165, 1.54) is 4.68 Å². The molecule has 0 saturated carbocycles. The van der Waals surface area contributed by atoms with Gasteiger partial charge in [0.2, 0.25) is 0 Å². The van der Waals surface area contributed by atoms with Crippen LogP contribution in [0, 0.1) is 5.82 Å². The summed E-state index contributed by atoms with van der Waals surface area (Å²) < 4.78 is 55.9. The summed E-state index contributed by atoms with van der Waals surface area (Å²) in [4.78, 5) is 0. The third-order valence-corrected chi connectivity index (χ3v) is 5.13. The van der Waals surface area contributed by atoms with E-state index >= 15 is 0 Å². The fourth-order valence-electron chi connectivity index (χ4n) is 3.58. The fourth-order valence-corrected chi connectivity index (χ4v) is 3.58. The molecule has 0 spiro atoms. The van der Waals surface area contributed by atoms with Crippen molar-refractivity contribution in [1.29, 1.82) is 0 Å². The quantitative estimate of drug-likeness (QED) is 0.551. The Hall–Kier alpha value is -2.91. The molecule has 0 saturated heterocycles. The van der Waals surface area contributed by atoms with E-state index in [1.54, 1.807) is 30.3 Å². The van der Waals surface area contributed by atoms with Crippen LogP contribution in [-0.4, -0.2) is 16.3 Å². The molecule has 158 valence electrons. The van der Waals surface area contributed by atoms with E-state index in [-0.39, 0.29) is 30.3 Å². The van der Waals surface area contributed by atoms with Gasteiger partial charge in [0.15, 0.2) is 5.69 Å². The summed E-state index contributed by atoms with van der Waals surface area (Å²) in [5, 5.41) is 9.86. The highest BCUT2D eigenvalue weighted by atomic mass is 19.4. The molecule has 3 aromatic rings. The van der Waals surface area contributed by atoms with Crippen LogP contribution in [-0.2, 0) is 32.2 Å². The number of aromatic nitrogens is 2. The van der Waals surface area contributed by atoms with E-state index < -0.39 is 11.9 Å². The van der Waals surface area contributed by atoms with Crippen LogP contribution in [0.2, 0.25) is 0 Å². The van der Waals surface area contributed by atoms with Gasteiger partial charge in [-0.2, -0.15) is 18.3 Å². The lowest BCUT2D eigenvalue weighted by Crippen LogP contribution is -2.24. The number of nitrogens with one attached hydrogen (secondary N) is 2. The van der Waals surface area contributed by atoms with Crippen LogP contribution in [0.4, 0.5) is 23.2 Å². The third kappa shape index (κ3) is 4.03. The second-order valence-electron chi connectivity index (χ2n) is 7.15. The Morgan fingerprint density at radius 2 is 2.00 bits per heavy atom. The smallest absolute Gasteiger partial charge is 0.377 e. The zero-order valence-corrected chi connectivity index (χ0v) is 16.1. The Labute approximate surface area is 170 Å². The number of benzene rings is 2. The van der Waals surface area contributed by atoms with Gasteiger partial charge in [-0.05, 0) is 53.9 Å². The zero-order valence-electron chi connectivity index (χ0n) is 16.1. The van der Waals surface area contributed by atoms with Crippen molar-refractivity contribution in [2.45, 2.75) is 32.2 Å². The summed E-state index contributed by atoms with van der Waals surface area (Å²) in [6.45, 7) is 1.52. The molecule has 0 aliphatic carbocycles. The van der Waals surface area contributed by atoms with Gasteiger partial charge < -0.3 is 16.4 Å². The van der Waals surface area contributed by atoms with Crippen LogP contribution in [0.1, 0.15) is 28.1 Å². The van der Waals surface area contributed by atoms with E-state index in [0.29, 0.717) is 30.8 Å². The number of hydrogen-bond donors (Lipinski definition) is 3. The van der Waals surface area contributed by atoms with Crippen molar-refractivity contribution in [2.24, 2.45) is 5.73 Å². The summed E-state index contributed by atoms with van der Waals surface area (Å²) in [6.07, 6.45) is -4.02. The molecule has 1 aliphatic heterocycles. The Bertz CT molecular complexity index is 1060. The maximum atomic E-state index is 14.9. The second kappa shape index (κ2) is 8.08. The van der Waals surface area contributed by atoms with Crippen molar-refractivity contribution >= 4 is 5.69 Å². The molecule has 1 aliphatic rings. The number of alkyl halides is 3. The van der Waals surface area contributed by atoms with Crippen molar-refractivity contribution in [3.63, 3.8) is 0 Å². The number of hydrogen-bond acceptors (Lipinski definition) is 4. The molecular weight excluding hydrogens is 398 g/mol. The SMILES string of the molecule is NCc1cccc(-n2nc(C(F)(F)F)cc2CNc2ccc3c(c2F)CCNC3)c1. The Morgan fingerprint density at radius 1 is 1.17 bits per heavy atom. The standard InChI is InChI=1S/C21H21F4N5/c22-20-17-6-7-27-11-14(17)4-5-18(20)28-12-16-9-19(21(23,24)25)29-30(16)15-3-1-2-13(8-15)10-26/h1-5,8-9,27-28H,6-7,10-12,26H2. The summed E-state index contributed by atoms with van der Waals surface area (Å²) in [5.41, 5.74) is 7.92. The topological polar surface area (TPSA) is 67.9 Å². The molecule has 4 N–H and O–H groups in total. The molecule has 0 bridgehead atoms. The van der Waals surface area contributed by atoms with Crippen molar-refractivity contribution in [3.05, 3.63) is 76.4 Å². The van der Waals surface area contributed by atoms with E-state index in [1.807, 2.05) is 6.07 Å². The molecule has 2 heterocycles. The largest absolute Gasteiger partial charge is 0.435 e. The first kappa shape index (κ1) is 20.4. The number of anilines is 1. The molecule has 4 rings (SSSR count). The van der Waals surface area contributed by atoms with Crippen LogP contribution >= 0.6 is 0 Å². The first-order chi connectivity index (χ1) is 14.4. The van der Waals surface area contributed by atoms with Gasteiger partial charge in [0, 0.05) is 13.1 Å². The van der Waals surface area contributed by atoms with Crippen LogP contribution in [0.25, 0.3) is 5.69 Å². The second-order valence-corrected chi connectivity index (χ2v) is 7.15. The van der Waals surface area contributed by atoms with E-state index in [4.69, 9.17) is 5.73 Å². The molecule has 1 aromatic heterocycles. The zero-order chi connectivity index (χ0) is 21.3. The monoisotopic (exact) mass is 419 g/mol. The van der Waals surface area contributed by atoms with Crippen molar-refractivity contribution in [2.75, 3.05) is 11.9 Å². The van der Waals surface area contributed by atoms with Gasteiger partial charge in [-0.1, -0.05) is 18.2 Å². The van der Waals surface area contributed by atoms with Gasteiger partial charge in [0.05, 0.1) is 23.6 Å². The minimum absolute atomic E-state index is 0.0239. The average molecular weight is 419 g/mol. The normalized spacial score (nSPS) is 13.9. The molecular formula is C21H21F4N5. The number of rotatable bonds is 5. The van der Waals surface area contributed by atoms with Crippen molar-refractivity contribution in [3.8, 4) is 5.69 Å². The first-order valence-electron chi connectivity index (χ1n) is 9.57. The predicted molar refractivity (Wildman–Crippen MR) is 106 cm³/mol. The molecule has 30 heavy (non-hydrogen) atoms. The first-order valence-corrected chi connectivity index (χ1v) is 9.57. The van der Waals surface area contributed by atoms with Crippen molar-refractivity contribution in [1.82, 2.24) is 15.1 Å². The number of nitrogens with zero attached hydrogens (tertiary/aromatic N) is 2. The molecule has 0 radical (unpaired) electrons. The Morgan fingerprint density at radius 3 is 2.77 bits per heavy atom. The molecule has 2 aromatic carbocycles. The number of nitrogens with two attached hydrogens (primary N) is 1. The van der Waals surface area contributed by atoms with Crippen LogP contribution < -0.4 is 16.4 Å². The number of fused-ring (bicyclic) bond motifs is 1. The lowest BCUT2D eigenvalue weighted by molar-refractivity contribution is -0.141. The van der Waals surface area contributed by atoms with Gasteiger partial charge in [-0.15, -0.1) is 0 Å². The Balaban J connectivity index is 1.66. The van der Waals surface area contributed by atoms with E-state index in [9.17, 15) is 17.6 Å². The average Bonchev–Trinajstić information content (AvgIpc) is 3.18. The van der Waals surface area contributed by atoms with Gasteiger partial charge in [-0.3, -0.25) is 0 Å². The lowest BCUT2D eigenvalue weighted by Gasteiger charge is -2.20. The summed E-state index contributed by atoms with van der Waals surface area (Å²) in [6, 6.07) is 11.2. The van der Waals surface area contributed by atoms with Gasteiger partial charge >= 0.3 is 6.18 Å². The summed E-state index contributed by atoms with van der Waals surface area (Å²) in [7, 11) is 0. The minimum atomic E-state index is -4.59. The van der Waals surface area contributed by atoms with E-state index in [2.05, 4.69) is 15.7 Å². The van der Waals surface area contributed by atoms with Gasteiger partial charge in [-0.25, -0.2) is 9.07 Å². The van der Waals surface area contributed by atoms with Gasteiger partial charge in [0.25, 0.3) is 0 Å². The molecule has 0 atom stereocenters. The van der Waals surface area contributed by atoms with Crippen LogP contribution in [0.15, 0.2) is 42.5 Å². The molecule has 0 fully saturated rings. The Kier molecular flexibility index (Phi) is 5.48. The van der Waals surface area contributed by atoms with E-state index in [0.717, 1.165) is 17.2 Å². The molecule has 9 heteroatoms.